The van der Waals surface area contributed by atoms with Gasteiger partial charge in [-0.15, -0.1) is 11.8 Å². The van der Waals surface area contributed by atoms with Crippen molar-refractivity contribution in [3.8, 4) is 5.88 Å². The summed E-state index contributed by atoms with van der Waals surface area (Å²) in [5.41, 5.74) is 1.98. The molecule has 0 radical (unpaired) electrons. The summed E-state index contributed by atoms with van der Waals surface area (Å²) < 4.78 is 5.04. The van der Waals surface area contributed by atoms with Crippen LogP contribution in [0.1, 0.15) is 10.9 Å². The van der Waals surface area contributed by atoms with Crippen LogP contribution in [0.3, 0.4) is 0 Å². The lowest BCUT2D eigenvalue weighted by molar-refractivity contribution is -0.115. The van der Waals surface area contributed by atoms with E-state index in [1.165, 1.54) is 0 Å². The third-order valence-corrected chi connectivity index (χ3v) is 4.82. The molecule has 0 spiro atoms. The number of amides is 1. The molecule has 1 unspecified atom stereocenters. The summed E-state index contributed by atoms with van der Waals surface area (Å²) in [4.78, 5) is 18.1. The number of nitrogens with zero attached hydrogens (tertiary/aromatic N) is 2. The third kappa shape index (κ3) is 2.33. The first-order valence-corrected chi connectivity index (χ1v) is 7.74. The lowest BCUT2D eigenvalue weighted by atomic mass is 10.2. The van der Waals surface area contributed by atoms with Gasteiger partial charge in [-0.3, -0.25) is 9.69 Å². The van der Waals surface area contributed by atoms with Crippen LogP contribution >= 0.6 is 23.1 Å². The van der Waals surface area contributed by atoms with Gasteiger partial charge in [0.1, 0.15) is 5.37 Å². The fourth-order valence-corrected chi connectivity index (χ4v) is 3.93. The second kappa shape index (κ2) is 5.22. The largest absolute Gasteiger partial charge is 0.481 e. The highest BCUT2D eigenvalue weighted by atomic mass is 32.2. The molecule has 0 aliphatic carbocycles. The summed E-state index contributed by atoms with van der Waals surface area (Å²) in [7, 11) is 1.58. The van der Waals surface area contributed by atoms with E-state index < -0.39 is 0 Å². The van der Waals surface area contributed by atoms with Crippen LogP contribution in [0, 0.1) is 0 Å². The zero-order valence-corrected chi connectivity index (χ0v) is 11.9. The first-order chi connectivity index (χ1) is 9.29. The normalized spacial score (nSPS) is 18.9. The first kappa shape index (κ1) is 12.5. The zero-order valence-electron chi connectivity index (χ0n) is 10.3. The van der Waals surface area contributed by atoms with E-state index in [1.54, 1.807) is 47.4 Å². The SMILES string of the molecule is COc1ccc(N2C(=O)CSC2c2ccsc2)cn1. The van der Waals surface area contributed by atoms with Crippen LogP contribution in [0.2, 0.25) is 0 Å². The van der Waals surface area contributed by atoms with E-state index in [0.717, 1.165) is 11.3 Å². The van der Waals surface area contributed by atoms with Gasteiger partial charge < -0.3 is 4.74 Å². The molecule has 1 fully saturated rings. The summed E-state index contributed by atoms with van der Waals surface area (Å²) in [6.07, 6.45) is 1.68. The number of hydrogen-bond donors (Lipinski definition) is 0. The van der Waals surface area contributed by atoms with E-state index in [9.17, 15) is 4.79 Å². The lowest BCUT2D eigenvalue weighted by Crippen LogP contribution is -2.27. The Balaban J connectivity index is 1.93. The molecule has 19 heavy (non-hydrogen) atoms. The maximum atomic E-state index is 12.1. The maximum Gasteiger partial charge on any atom is 0.238 e. The summed E-state index contributed by atoms with van der Waals surface area (Å²) in [6, 6.07) is 5.70. The molecular formula is C13H12N2O2S2. The average molecular weight is 292 g/mol. The number of carbonyl (C=O) groups is 1. The minimum atomic E-state index is 0.0499. The number of thiophene rings is 1. The van der Waals surface area contributed by atoms with E-state index in [2.05, 4.69) is 16.4 Å². The minimum absolute atomic E-state index is 0.0499. The van der Waals surface area contributed by atoms with Crippen molar-refractivity contribution in [3.05, 3.63) is 40.7 Å². The number of carbonyl (C=O) groups excluding carboxylic acids is 1. The van der Waals surface area contributed by atoms with Crippen molar-refractivity contribution in [1.29, 1.82) is 0 Å². The molecule has 2 aromatic heterocycles. The highest BCUT2D eigenvalue weighted by Crippen LogP contribution is 2.42. The van der Waals surface area contributed by atoms with Gasteiger partial charge in [0.2, 0.25) is 11.8 Å². The number of thioether (sulfide) groups is 1. The van der Waals surface area contributed by atoms with Gasteiger partial charge in [-0.1, -0.05) is 0 Å². The summed E-state index contributed by atoms with van der Waals surface area (Å²) >= 11 is 3.29. The molecule has 0 N–H and O–H groups in total. The molecule has 2 aromatic rings. The zero-order chi connectivity index (χ0) is 13.2. The summed E-state index contributed by atoms with van der Waals surface area (Å²) in [5.74, 6) is 1.18. The highest BCUT2D eigenvalue weighted by Gasteiger charge is 2.34. The monoisotopic (exact) mass is 292 g/mol. The van der Waals surface area contributed by atoms with Crippen LogP contribution in [0.25, 0.3) is 0 Å². The molecule has 4 nitrogen and oxygen atoms in total. The Bertz CT molecular complexity index is 569. The lowest BCUT2D eigenvalue weighted by Gasteiger charge is -2.23. The van der Waals surface area contributed by atoms with Crippen molar-refractivity contribution >= 4 is 34.7 Å². The van der Waals surface area contributed by atoms with Crippen LogP contribution in [0.4, 0.5) is 5.69 Å². The second-order valence-corrected chi connectivity index (χ2v) is 5.89. The molecule has 1 saturated heterocycles. The molecule has 0 bridgehead atoms. The second-order valence-electron chi connectivity index (χ2n) is 4.04. The molecule has 1 amide bonds. The van der Waals surface area contributed by atoms with Crippen LogP contribution in [0.5, 0.6) is 5.88 Å². The van der Waals surface area contributed by atoms with Gasteiger partial charge >= 0.3 is 0 Å². The molecular weight excluding hydrogens is 280 g/mol. The van der Waals surface area contributed by atoms with Crippen LogP contribution in [-0.2, 0) is 4.79 Å². The Morgan fingerprint density at radius 3 is 2.95 bits per heavy atom. The van der Waals surface area contributed by atoms with E-state index >= 15 is 0 Å². The molecule has 1 aliphatic rings. The molecule has 3 heterocycles. The van der Waals surface area contributed by atoms with Crippen molar-refractivity contribution in [2.24, 2.45) is 0 Å². The van der Waals surface area contributed by atoms with Crippen molar-refractivity contribution in [1.82, 2.24) is 4.98 Å². The van der Waals surface area contributed by atoms with Gasteiger partial charge in [-0.05, 0) is 28.5 Å². The number of pyridine rings is 1. The Hall–Kier alpha value is -1.53. The number of aromatic nitrogens is 1. The smallest absolute Gasteiger partial charge is 0.238 e. The number of methoxy groups -OCH3 is 1. The van der Waals surface area contributed by atoms with Gasteiger partial charge in [0.05, 0.1) is 24.7 Å². The van der Waals surface area contributed by atoms with Crippen molar-refractivity contribution in [2.45, 2.75) is 5.37 Å². The molecule has 1 atom stereocenters. The van der Waals surface area contributed by atoms with Crippen LogP contribution in [-0.4, -0.2) is 23.8 Å². The van der Waals surface area contributed by atoms with E-state index in [0.29, 0.717) is 11.6 Å². The Labute approximate surface area is 119 Å². The third-order valence-electron chi connectivity index (χ3n) is 2.90. The van der Waals surface area contributed by atoms with Gasteiger partial charge in [-0.25, -0.2) is 4.98 Å². The number of rotatable bonds is 3. The maximum absolute atomic E-state index is 12.1. The molecule has 1 aliphatic heterocycles. The van der Waals surface area contributed by atoms with Gasteiger partial charge in [0, 0.05) is 6.07 Å². The predicted molar refractivity (Wildman–Crippen MR) is 77.8 cm³/mol. The molecule has 0 saturated carbocycles. The van der Waals surface area contributed by atoms with Gasteiger partial charge in [-0.2, -0.15) is 11.3 Å². The molecule has 6 heteroatoms. The summed E-state index contributed by atoms with van der Waals surface area (Å²) in [6.45, 7) is 0. The number of ether oxygens (including phenoxy) is 1. The van der Waals surface area contributed by atoms with Crippen molar-refractivity contribution in [3.63, 3.8) is 0 Å². The number of hydrogen-bond acceptors (Lipinski definition) is 5. The Morgan fingerprint density at radius 1 is 1.42 bits per heavy atom. The van der Waals surface area contributed by atoms with E-state index in [1.807, 2.05) is 11.4 Å². The average Bonchev–Trinajstić information content (AvgIpc) is 3.08. The van der Waals surface area contributed by atoms with Crippen LogP contribution < -0.4 is 9.64 Å². The van der Waals surface area contributed by atoms with Crippen molar-refractivity contribution in [2.75, 3.05) is 17.8 Å². The first-order valence-electron chi connectivity index (χ1n) is 5.75. The Morgan fingerprint density at radius 2 is 2.32 bits per heavy atom. The van der Waals surface area contributed by atoms with E-state index in [4.69, 9.17) is 4.74 Å². The minimum Gasteiger partial charge on any atom is -0.481 e. The van der Waals surface area contributed by atoms with Gasteiger partial charge in [0.15, 0.2) is 0 Å². The molecule has 0 aromatic carbocycles. The van der Waals surface area contributed by atoms with Gasteiger partial charge in [0.25, 0.3) is 0 Å². The van der Waals surface area contributed by atoms with E-state index in [-0.39, 0.29) is 11.3 Å². The predicted octanol–water partition coefficient (Wildman–Crippen LogP) is 2.93. The molecule has 98 valence electrons. The van der Waals surface area contributed by atoms with Crippen LogP contribution in [0.15, 0.2) is 35.2 Å². The number of anilines is 1. The highest BCUT2D eigenvalue weighted by molar-refractivity contribution is 8.00. The Kier molecular flexibility index (Phi) is 3.44. The van der Waals surface area contributed by atoms with Crippen molar-refractivity contribution < 1.29 is 9.53 Å². The molecule has 3 rings (SSSR count). The fourth-order valence-electron chi connectivity index (χ4n) is 2.00. The summed E-state index contributed by atoms with van der Waals surface area (Å²) in [5, 5.41) is 4.16. The standard InChI is InChI=1S/C13H12N2O2S2/c1-17-11-3-2-10(6-14-11)15-12(16)8-19-13(15)9-4-5-18-7-9/h2-7,13H,8H2,1H3. The fraction of sp³-hybridized carbons (Fsp3) is 0.231. The topological polar surface area (TPSA) is 42.4 Å². The quantitative estimate of drug-likeness (QED) is 0.872.